The van der Waals surface area contributed by atoms with Gasteiger partial charge in [-0.1, -0.05) is 0 Å². The number of nitrogens with one attached hydrogen (secondary N) is 1. The lowest BCUT2D eigenvalue weighted by Crippen LogP contribution is -2.58. The number of nitrogens with zero attached hydrogens (tertiary/aromatic N) is 1. The van der Waals surface area contributed by atoms with Crippen molar-refractivity contribution in [2.24, 2.45) is 5.92 Å². The van der Waals surface area contributed by atoms with E-state index in [0.29, 0.717) is 0 Å². The SMILES string of the molecule is C1CC(NC2CN3CCC2CC3)CS1. The number of piperidine rings is 3. The molecule has 80 valence electrons. The van der Waals surface area contributed by atoms with Crippen molar-refractivity contribution in [2.45, 2.75) is 31.3 Å². The molecule has 0 aromatic rings. The van der Waals surface area contributed by atoms with Crippen LogP contribution in [0.15, 0.2) is 0 Å². The average Bonchev–Trinajstić information content (AvgIpc) is 2.72. The third kappa shape index (κ3) is 1.82. The molecule has 1 N–H and O–H groups in total. The lowest BCUT2D eigenvalue weighted by Gasteiger charge is -2.46. The highest BCUT2D eigenvalue weighted by atomic mass is 32.2. The van der Waals surface area contributed by atoms with Crippen molar-refractivity contribution in [2.75, 3.05) is 31.1 Å². The van der Waals surface area contributed by atoms with E-state index in [1.165, 1.54) is 50.4 Å². The van der Waals surface area contributed by atoms with Gasteiger partial charge in [-0.3, -0.25) is 0 Å². The maximum absolute atomic E-state index is 3.89. The van der Waals surface area contributed by atoms with E-state index in [-0.39, 0.29) is 0 Å². The van der Waals surface area contributed by atoms with Gasteiger partial charge in [0.25, 0.3) is 0 Å². The Morgan fingerprint density at radius 2 is 2.00 bits per heavy atom. The Morgan fingerprint density at radius 1 is 1.14 bits per heavy atom. The van der Waals surface area contributed by atoms with E-state index in [1.807, 2.05) is 0 Å². The predicted octanol–water partition coefficient (Wildman–Crippen LogP) is 1.18. The van der Waals surface area contributed by atoms with Crippen LogP contribution in [-0.4, -0.2) is 48.1 Å². The van der Waals surface area contributed by atoms with Crippen LogP contribution >= 0.6 is 11.8 Å². The molecular formula is C11H20N2S. The lowest BCUT2D eigenvalue weighted by molar-refractivity contribution is 0.0685. The molecule has 4 aliphatic heterocycles. The third-order valence-corrected chi connectivity index (χ3v) is 5.20. The van der Waals surface area contributed by atoms with Crippen LogP contribution in [0.1, 0.15) is 19.3 Å². The van der Waals surface area contributed by atoms with Crippen molar-refractivity contribution in [3.8, 4) is 0 Å². The molecule has 0 aromatic heterocycles. The largest absolute Gasteiger partial charge is 0.309 e. The highest BCUT2D eigenvalue weighted by molar-refractivity contribution is 7.99. The van der Waals surface area contributed by atoms with E-state index >= 15 is 0 Å². The molecule has 4 fully saturated rings. The van der Waals surface area contributed by atoms with Crippen molar-refractivity contribution < 1.29 is 0 Å². The lowest BCUT2D eigenvalue weighted by atomic mass is 9.83. The Balaban J connectivity index is 1.57. The Labute approximate surface area is 90.8 Å². The summed E-state index contributed by atoms with van der Waals surface area (Å²) in [6, 6.07) is 1.65. The van der Waals surface area contributed by atoms with Crippen LogP contribution in [-0.2, 0) is 0 Å². The summed E-state index contributed by atoms with van der Waals surface area (Å²) in [4.78, 5) is 2.64. The number of hydrogen-bond donors (Lipinski definition) is 1. The maximum Gasteiger partial charge on any atom is 0.0227 e. The molecule has 2 unspecified atom stereocenters. The average molecular weight is 212 g/mol. The van der Waals surface area contributed by atoms with Gasteiger partial charge in [-0.25, -0.2) is 0 Å². The molecule has 4 heterocycles. The Hall–Kier alpha value is 0.270. The van der Waals surface area contributed by atoms with Crippen LogP contribution in [0.2, 0.25) is 0 Å². The van der Waals surface area contributed by atoms with Crippen molar-refractivity contribution >= 4 is 11.8 Å². The van der Waals surface area contributed by atoms with Gasteiger partial charge in [0.2, 0.25) is 0 Å². The highest BCUT2D eigenvalue weighted by Gasteiger charge is 2.35. The van der Waals surface area contributed by atoms with Crippen LogP contribution in [0.4, 0.5) is 0 Å². The fraction of sp³-hybridized carbons (Fsp3) is 1.00. The fourth-order valence-electron chi connectivity index (χ4n) is 3.12. The van der Waals surface area contributed by atoms with E-state index in [0.717, 1.165) is 18.0 Å². The molecule has 2 atom stereocenters. The predicted molar refractivity (Wildman–Crippen MR) is 61.8 cm³/mol. The molecule has 0 radical (unpaired) electrons. The molecule has 4 saturated heterocycles. The number of hydrogen-bond acceptors (Lipinski definition) is 3. The zero-order valence-corrected chi connectivity index (χ0v) is 9.56. The second-order valence-electron chi connectivity index (χ2n) is 4.97. The molecule has 4 rings (SSSR count). The summed E-state index contributed by atoms with van der Waals surface area (Å²) in [5.41, 5.74) is 0. The second kappa shape index (κ2) is 4.03. The summed E-state index contributed by atoms with van der Waals surface area (Å²) in [5.74, 6) is 3.72. The van der Waals surface area contributed by atoms with Gasteiger partial charge in [-0.15, -0.1) is 0 Å². The molecule has 4 aliphatic rings. The molecule has 14 heavy (non-hydrogen) atoms. The summed E-state index contributed by atoms with van der Waals surface area (Å²) < 4.78 is 0. The van der Waals surface area contributed by atoms with Gasteiger partial charge in [-0.2, -0.15) is 11.8 Å². The van der Waals surface area contributed by atoms with Crippen LogP contribution in [0.3, 0.4) is 0 Å². The van der Waals surface area contributed by atoms with Gasteiger partial charge >= 0.3 is 0 Å². The molecule has 0 amide bonds. The monoisotopic (exact) mass is 212 g/mol. The molecule has 2 bridgehead atoms. The first kappa shape index (κ1) is 9.49. The quantitative estimate of drug-likeness (QED) is 0.740. The zero-order valence-electron chi connectivity index (χ0n) is 8.74. The van der Waals surface area contributed by atoms with Crippen LogP contribution < -0.4 is 5.32 Å². The normalized spacial score (nSPS) is 47.1. The van der Waals surface area contributed by atoms with E-state index in [4.69, 9.17) is 0 Å². The van der Waals surface area contributed by atoms with Gasteiger partial charge < -0.3 is 10.2 Å². The Kier molecular flexibility index (Phi) is 2.73. The van der Waals surface area contributed by atoms with E-state index < -0.39 is 0 Å². The van der Waals surface area contributed by atoms with Gasteiger partial charge in [0.1, 0.15) is 0 Å². The Bertz CT molecular complexity index is 195. The standard InChI is InChI=1S/C11H20N2S/c1-4-13-5-2-9(1)11(7-13)12-10-3-6-14-8-10/h9-12H,1-8H2. The molecule has 2 nitrogen and oxygen atoms in total. The number of fused-ring (bicyclic) bond motifs is 3. The number of thioether (sulfide) groups is 1. The molecular weight excluding hydrogens is 192 g/mol. The van der Waals surface area contributed by atoms with Gasteiger partial charge in [-0.05, 0) is 44.0 Å². The minimum absolute atomic E-state index is 0.821. The van der Waals surface area contributed by atoms with Crippen LogP contribution in [0.25, 0.3) is 0 Å². The first-order chi connectivity index (χ1) is 6.92. The fourth-order valence-corrected chi connectivity index (χ4v) is 4.29. The summed E-state index contributed by atoms with van der Waals surface area (Å²) >= 11 is 2.11. The van der Waals surface area contributed by atoms with Crippen molar-refractivity contribution in [3.05, 3.63) is 0 Å². The minimum Gasteiger partial charge on any atom is -0.309 e. The summed E-state index contributed by atoms with van der Waals surface area (Å²) in [7, 11) is 0. The smallest absolute Gasteiger partial charge is 0.0227 e. The molecule has 3 heteroatoms. The van der Waals surface area contributed by atoms with Crippen molar-refractivity contribution in [1.29, 1.82) is 0 Å². The zero-order chi connectivity index (χ0) is 9.38. The van der Waals surface area contributed by atoms with Gasteiger partial charge in [0.05, 0.1) is 0 Å². The summed E-state index contributed by atoms with van der Waals surface area (Å²) in [6.07, 6.45) is 4.28. The molecule has 0 saturated carbocycles. The third-order valence-electron chi connectivity index (χ3n) is 4.04. The van der Waals surface area contributed by atoms with Gasteiger partial charge in [0, 0.05) is 24.4 Å². The minimum atomic E-state index is 0.821. The first-order valence-corrected chi connectivity index (χ1v) is 7.13. The van der Waals surface area contributed by atoms with E-state index in [2.05, 4.69) is 22.0 Å². The van der Waals surface area contributed by atoms with Gasteiger partial charge in [0.15, 0.2) is 0 Å². The highest BCUT2D eigenvalue weighted by Crippen LogP contribution is 2.29. The number of rotatable bonds is 2. The van der Waals surface area contributed by atoms with Crippen LogP contribution in [0.5, 0.6) is 0 Å². The summed E-state index contributed by atoms with van der Waals surface area (Å²) in [6.45, 7) is 4.05. The maximum atomic E-state index is 3.89. The topological polar surface area (TPSA) is 15.3 Å². The molecule has 0 aromatic carbocycles. The molecule has 0 aliphatic carbocycles. The van der Waals surface area contributed by atoms with Crippen molar-refractivity contribution in [1.82, 2.24) is 10.2 Å². The van der Waals surface area contributed by atoms with Crippen LogP contribution in [0, 0.1) is 5.92 Å². The van der Waals surface area contributed by atoms with E-state index in [9.17, 15) is 0 Å². The first-order valence-electron chi connectivity index (χ1n) is 5.98. The van der Waals surface area contributed by atoms with E-state index in [1.54, 1.807) is 0 Å². The molecule has 0 spiro atoms. The Morgan fingerprint density at radius 3 is 2.57 bits per heavy atom. The summed E-state index contributed by atoms with van der Waals surface area (Å²) in [5, 5.41) is 3.89. The second-order valence-corrected chi connectivity index (χ2v) is 6.12. The van der Waals surface area contributed by atoms with Crippen molar-refractivity contribution in [3.63, 3.8) is 0 Å².